The van der Waals surface area contributed by atoms with E-state index in [0.29, 0.717) is 11.0 Å². The SMILES string of the molecule is COc1ccc([C@@H](CC(C)C)NC(=S)Nc2cccc(C)n2)cc1. The molecule has 0 aliphatic carbocycles. The van der Waals surface area contributed by atoms with Gasteiger partial charge in [0, 0.05) is 5.69 Å². The summed E-state index contributed by atoms with van der Waals surface area (Å²) < 4.78 is 5.23. The van der Waals surface area contributed by atoms with E-state index in [9.17, 15) is 0 Å². The third-order valence-electron chi connectivity index (χ3n) is 3.66. The maximum absolute atomic E-state index is 5.47. The Labute approximate surface area is 149 Å². The van der Waals surface area contributed by atoms with E-state index >= 15 is 0 Å². The van der Waals surface area contributed by atoms with Crippen LogP contribution in [0.5, 0.6) is 5.75 Å². The van der Waals surface area contributed by atoms with E-state index in [1.54, 1.807) is 7.11 Å². The number of benzene rings is 1. The predicted molar refractivity (Wildman–Crippen MR) is 104 cm³/mol. The van der Waals surface area contributed by atoms with Crippen LogP contribution in [0.1, 0.15) is 37.6 Å². The highest BCUT2D eigenvalue weighted by Gasteiger charge is 2.15. The average Bonchev–Trinajstić information content (AvgIpc) is 2.54. The number of aryl methyl sites for hydroxylation is 1. The van der Waals surface area contributed by atoms with Gasteiger partial charge in [0.15, 0.2) is 5.11 Å². The van der Waals surface area contributed by atoms with E-state index in [2.05, 4.69) is 41.6 Å². The summed E-state index contributed by atoms with van der Waals surface area (Å²) in [4.78, 5) is 4.42. The van der Waals surface area contributed by atoms with Crippen molar-refractivity contribution in [3.8, 4) is 5.75 Å². The smallest absolute Gasteiger partial charge is 0.172 e. The van der Waals surface area contributed by atoms with Gasteiger partial charge in [0.05, 0.1) is 13.2 Å². The van der Waals surface area contributed by atoms with Gasteiger partial charge in [-0.15, -0.1) is 0 Å². The molecule has 2 N–H and O–H groups in total. The number of hydrogen-bond donors (Lipinski definition) is 2. The Morgan fingerprint density at radius 2 is 1.88 bits per heavy atom. The lowest BCUT2D eigenvalue weighted by Gasteiger charge is -2.23. The fourth-order valence-corrected chi connectivity index (χ4v) is 2.76. The summed E-state index contributed by atoms with van der Waals surface area (Å²) in [5, 5.41) is 7.15. The van der Waals surface area contributed by atoms with E-state index in [1.165, 1.54) is 5.56 Å². The molecule has 2 rings (SSSR count). The first-order valence-corrected chi connectivity index (χ1v) is 8.54. The monoisotopic (exact) mass is 343 g/mol. The molecule has 5 heteroatoms. The summed E-state index contributed by atoms with van der Waals surface area (Å²) in [6, 6.07) is 14.1. The number of thiocarbonyl (C=S) groups is 1. The van der Waals surface area contributed by atoms with Crippen LogP contribution in [0, 0.1) is 12.8 Å². The molecule has 0 amide bonds. The molecule has 0 saturated heterocycles. The van der Waals surface area contributed by atoms with Crippen molar-refractivity contribution in [3.63, 3.8) is 0 Å². The summed E-state index contributed by atoms with van der Waals surface area (Å²) in [5.41, 5.74) is 2.14. The van der Waals surface area contributed by atoms with Gasteiger partial charge in [-0.05, 0) is 61.3 Å². The van der Waals surface area contributed by atoms with Crippen molar-refractivity contribution in [2.75, 3.05) is 12.4 Å². The normalized spacial score (nSPS) is 11.9. The fourth-order valence-electron chi connectivity index (χ4n) is 2.51. The molecule has 2 aromatic rings. The van der Waals surface area contributed by atoms with E-state index in [1.807, 2.05) is 37.3 Å². The maximum Gasteiger partial charge on any atom is 0.172 e. The highest BCUT2D eigenvalue weighted by Crippen LogP contribution is 2.23. The summed E-state index contributed by atoms with van der Waals surface area (Å²) in [6.45, 7) is 6.37. The van der Waals surface area contributed by atoms with E-state index in [4.69, 9.17) is 17.0 Å². The number of anilines is 1. The van der Waals surface area contributed by atoms with Crippen LogP contribution in [0.25, 0.3) is 0 Å². The standard InChI is InChI=1S/C19H25N3OS/c1-13(2)12-17(15-8-10-16(23-4)11-9-15)21-19(24)22-18-7-5-6-14(3)20-18/h5-11,13,17H,12H2,1-4H3,(H2,20,21,22,24)/t17-/m1/s1. The number of rotatable bonds is 6. The summed E-state index contributed by atoms with van der Waals surface area (Å²) >= 11 is 5.47. The van der Waals surface area contributed by atoms with Crippen LogP contribution >= 0.6 is 12.2 Å². The number of nitrogens with one attached hydrogen (secondary N) is 2. The van der Waals surface area contributed by atoms with Gasteiger partial charge in [-0.25, -0.2) is 4.98 Å². The number of nitrogens with zero attached hydrogens (tertiary/aromatic N) is 1. The largest absolute Gasteiger partial charge is 0.497 e. The lowest BCUT2D eigenvalue weighted by Crippen LogP contribution is -2.33. The van der Waals surface area contributed by atoms with Crippen molar-refractivity contribution < 1.29 is 4.74 Å². The number of hydrogen-bond acceptors (Lipinski definition) is 3. The van der Waals surface area contributed by atoms with E-state index in [-0.39, 0.29) is 6.04 Å². The van der Waals surface area contributed by atoms with Crippen LogP contribution in [-0.2, 0) is 0 Å². The zero-order valence-corrected chi connectivity index (χ0v) is 15.5. The minimum atomic E-state index is 0.140. The first-order valence-electron chi connectivity index (χ1n) is 8.13. The molecule has 1 atom stereocenters. The molecule has 0 radical (unpaired) electrons. The van der Waals surface area contributed by atoms with Gasteiger partial charge in [-0.1, -0.05) is 32.0 Å². The molecular weight excluding hydrogens is 318 g/mol. The molecule has 1 heterocycles. The predicted octanol–water partition coefficient (Wildman–Crippen LogP) is 4.47. The van der Waals surface area contributed by atoms with Crippen molar-refractivity contribution in [2.45, 2.75) is 33.2 Å². The van der Waals surface area contributed by atoms with Crippen molar-refractivity contribution in [3.05, 3.63) is 53.7 Å². The number of aromatic nitrogens is 1. The van der Waals surface area contributed by atoms with Crippen LogP contribution in [-0.4, -0.2) is 17.2 Å². The third kappa shape index (κ3) is 5.49. The van der Waals surface area contributed by atoms with Crippen LogP contribution in [0.3, 0.4) is 0 Å². The van der Waals surface area contributed by atoms with Gasteiger partial charge in [-0.2, -0.15) is 0 Å². The van der Waals surface area contributed by atoms with Gasteiger partial charge in [-0.3, -0.25) is 0 Å². The van der Waals surface area contributed by atoms with Crippen molar-refractivity contribution >= 4 is 23.1 Å². The molecule has 1 aromatic carbocycles. The van der Waals surface area contributed by atoms with Crippen LogP contribution in [0.2, 0.25) is 0 Å². The second-order valence-corrected chi connectivity index (χ2v) is 6.63. The van der Waals surface area contributed by atoms with Gasteiger partial charge in [0.2, 0.25) is 0 Å². The van der Waals surface area contributed by atoms with Gasteiger partial charge in [0.25, 0.3) is 0 Å². The summed E-state index contributed by atoms with van der Waals surface area (Å²) in [6.07, 6.45) is 0.982. The molecule has 0 fully saturated rings. The molecule has 128 valence electrons. The summed E-state index contributed by atoms with van der Waals surface area (Å²) in [5.74, 6) is 2.15. The fraction of sp³-hybridized carbons (Fsp3) is 0.368. The van der Waals surface area contributed by atoms with Crippen molar-refractivity contribution in [1.82, 2.24) is 10.3 Å². The number of ether oxygens (including phenoxy) is 1. The van der Waals surface area contributed by atoms with Crippen LogP contribution in [0.15, 0.2) is 42.5 Å². The first kappa shape index (κ1) is 18.2. The van der Waals surface area contributed by atoms with Gasteiger partial charge >= 0.3 is 0 Å². The molecular formula is C19H25N3OS. The molecule has 0 bridgehead atoms. The van der Waals surface area contributed by atoms with Gasteiger partial charge in [0.1, 0.15) is 11.6 Å². The average molecular weight is 343 g/mol. The Balaban J connectivity index is 2.08. The highest BCUT2D eigenvalue weighted by atomic mass is 32.1. The second-order valence-electron chi connectivity index (χ2n) is 6.22. The number of pyridine rings is 1. The molecule has 0 aliphatic rings. The van der Waals surface area contributed by atoms with Gasteiger partial charge < -0.3 is 15.4 Å². The Bertz CT molecular complexity index is 671. The molecule has 0 saturated carbocycles. The van der Waals surface area contributed by atoms with E-state index in [0.717, 1.165) is 23.7 Å². The Morgan fingerprint density at radius 1 is 1.17 bits per heavy atom. The Morgan fingerprint density at radius 3 is 2.46 bits per heavy atom. The molecule has 1 aromatic heterocycles. The Kier molecular flexibility index (Phi) is 6.55. The zero-order valence-electron chi connectivity index (χ0n) is 14.7. The minimum absolute atomic E-state index is 0.140. The topological polar surface area (TPSA) is 46.2 Å². The minimum Gasteiger partial charge on any atom is -0.497 e. The van der Waals surface area contributed by atoms with E-state index < -0.39 is 0 Å². The molecule has 0 spiro atoms. The lowest BCUT2D eigenvalue weighted by atomic mass is 9.97. The number of methoxy groups -OCH3 is 1. The van der Waals surface area contributed by atoms with Crippen LogP contribution in [0.4, 0.5) is 5.82 Å². The lowest BCUT2D eigenvalue weighted by molar-refractivity contribution is 0.414. The third-order valence-corrected chi connectivity index (χ3v) is 3.88. The Hall–Kier alpha value is -2.14. The van der Waals surface area contributed by atoms with Crippen molar-refractivity contribution in [2.24, 2.45) is 5.92 Å². The molecule has 0 unspecified atom stereocenters. The molecule has 4 nitrogen and oxygen atoms in total. The molecule has 0 aliphatic heterocycles. The first-order chi connectivity index (χ1) is 11.5. The summed E-state index contributed by atoms with van der Waals surface area (Å²) in [7, 11) is 1.67. The quantitative estimate of drug-likeness (QED) is 0.758. The second kappa shape index (κ2) is 8.64. The van der Waals surface area contributed by atoms with Crippen molar-refractivity contribution in [1.29, 1.82) is 0 Å². The maximum atomic E-state index is 5.47. The molecule has 24 heavy (non-hydrogen) atoms. The van der Waals surface area contributed by atoms with Crippen LogP contribution < -0.4 is 15.4 Å². The zero-order chi connectivity index (χ0) is 17.5. The highest BCUT2D eigenvalue weighted by molar-refractivity contribution is 7.80.